The average Bonchev–Trinajstić information content (AvgIpc) is 2.97. The first-order valence-corrected chi connectivity index (χ1v) is 16.3. The van der Waals surface area contributed by atoms with Crippen LogP contribution < -0.4 is 9.62 Å². The zero-order chi connectivity index (χ0) is 30.4. The molecule has 1 fully saturated rings. The van der Waals surface area contributed by atoms with E-state index in [0.29, 0.717) is 0 Å². The fourth-order valence-electron chi connectivity index (χ4n) is 5.05. The number of halogens is 2. The predicted octanol–water partition coefficient (Wildman–Crippen LogP) is 6.67. The van der Waals surface area contributed by atoms with Crippen molar-refractivity contribution >= 4 is 50.7 Å². The highest BCUT2D eigenvalue weighted by atomic mass is 35.5. The van der Waals surface area contributed by atoms with Crippen LogP contribution in [0.1, 0.15) is 55.7 Å². The number of hydrogen-bond donors (Lipinski definition) is 1. The fraction of sp³-hybridized carbons (Fsp3) is 0.375. The number of nitrogens with zero attached hydrogens (tertiary/aromatic N) is 2. The molecule has 3 aromatic carbocycles. The Hall–Kier alpha value is -3.07. The molecule has 1 atom stereocenters. The summed E-state index contributed by atoms with van der Waals surface area (Å²) in [4.78, 5) is 29.0. The van der Waals surface area contributed by atoms with Crippen molar-refractivity contribution in [3.63, 3.8) is 0 Å². The molecule has 1 aliphatic carbocycles. The maximum atomic E-state index is 14.1. The van der Waals surface area contributed by atoms with Crippen molar-refractivity contribution in [1.82, 2.24) is 10.2 Å². The molecule has 0 unspecified atom stereocenters. The molecule has 42 heavy (non-hydrogen) atoms. The summed E-state index contributed by atoms with van der Waals surface area (Å²) in [5, 5.41) is 3.53. The van der Waals surface area contributed by atoms with Gasteiger partial charge in [-0.05, 0) is 69.5 Å². The smallest absolute Gasteiger partial charge is 0.264 e. The second-order valence-corrected chi connectivity index (χ2v) is 13.6. The van der Waals surface area contributed by atoms with Gasteiger partial charge in [0.2, 0.25) is 11.8 Å². The molecule has 224 valence electrons. The molecule has 4 rings (SSSR count). The minimum absolute atomic E-state index is 0.0279. The molecule has 0 heterocycles. The van der Waals surface area contributed by atoms with Gasteiger partial charge >= 0.3 is 0 Å². The summed E-state index contributed by atoms with van der Waals surface area (Å²) >= 11 is 12.4. The van der Waals surface area contributed by atoms with Crippen LogP contribution in [-0.4, -0.2) is 43.8 Å². The highest BCUT2D eigenvalue weighted by molar-refractivity contribution is 7.92. The lowest BCUT2D eigenvalue weighted by Gasteiger charge is -2.33. The van der Waals surface area contributed by atoms with Crippen molar-refractivity contribution in [3.05, 3.63) is 93.5 Å². The maximum Gasteiger partial charge on any atom is 0.264 e. The van der Waals surface area contributed by atoms with Gasteiger partial charge in [-0.1, -0.05) is 90.0 Å². The van der Waals surface area contributed by atoms with E-state index in [9.17, 15) is 18.0 Å². The Balaban J connectivity index is 1.69. The van der Waals surface area contributed by atoms with Crippen LogP contribution in [0.3, 0.4) is 0 Å². The summed E-state index contributed by atoms with van der Waals surface area (Å²) in [6.45, 7) is 5.11. The molecule has 7 nitrogen and oxygen atoms in total. The van der Waals surface area contributed by atoms with Gasteiger partial charge in [0, 0.05) is 12.6 Å². The third-order valence-corrected chi connectivity index (χ3v) is 10.2. The molecule has 1 N–H and O–H groups in total. The van der Waals surface area contributed by atoms with Gasteiger partial charge in [0.15, 0.2) is 0 Å². The topological polar surface area (TPSA) is 86.8 Å². The molecule has 0 bridgehead atoms. The average molecular weight is 631 g/mol. The second kappa shape index (κ2) is 13.9. The van der Waals surface area contributed by atoms with Gasteiger partial charge < -0.3 is 10.2 Å². The number of anilines is 1. The molecule has 0 radical (unpaired) electrons. The lowest BCUT2D eigenvalue weighted by Crippen LogP contribution is -2.53. The van der Waals surface area contributed by atoms with Gasteiger partial charge in [-0.15, -0.1) is 0 Å². The van der Waals surface area contributed by atoms with E-state index in [1.165, 1.54) is 35.2 Å². The van der Waals surface area contributed by atoms with E-state index in [1.54, 1.807) is 19.1 Å². The van der Waals surface area contributed by atoms with Crippen LogP contribution in [0.25, 0.3) is 0 Å². The molecule has 1 saturated carbocycles. The van der Waals surface area contributed by atoms with Crippen LogP contribution >= 0.6 is 23.2 Å². The van der Waals surface area contributed by atoms with Gasteiger partial charge in [-0.2, -0.15) is 0 Å². The number of amides is 2. The Kier molecular flexibility index (Phi) is 10.6. The minimum Gasteiger partial charge on any atom is -0.352 e. The van der Waals surface area contributed by atoms with E-state index < -0.39 is 28.5 Å². The van der Waals surface area contributed by atoms with Gasteiger partial charge in [0.1, 0.15) is 12.6 Å². The number of nitrogens with one attached hydrogen (secondary N) is 1. The lowest BCUT2D eigenvalue weighted by atomic mass is 9.95. The van der Waals surface area contributed by atoms with Crippen molar-refractivity contribution in [1.29, 1.82) is 0 Å². The lowest BCUT2D eigenvalue weighted by molar-refractivity contribution is -0.139. The van der Waals surface area contributed by atoms with Gasteiger partial charge in [0.25, 0.3) is 10.0 Å². The van der Waals surface area contributed by atoms with Crippen LogP contribution in [0.4, 0.5) is 5.69 Å². The molecule has 2 amide bonds. The third kappa shape index (κ3) is 7.85. The van der Waals surface area contributed by atoms with Crippen molar-refractivity contribution in [3.8, 4) is 0 Å². The van der Waals surface area contributed by atoms with E-state index in [1.807, 2.05) is 38.1 Å². The molecule has 3 aromatic rings. The first-order chi connectivity index (χ1) is 20.0. The number of carbonyl (C=O) groups is 2. The highest BCUT2D eigenvalue weighted by Gasteiger charge is 2.33. The van der Waals surface area contributed by atoms with Crippen LogP contribution in [0, 0.1) is 13.8 Å². The fourth-order valence-corrected chi connectivity index (χ4v) is 6.75. The van der Waals surface area contributed by atoms with Crippen molar-refractivity contribution in [2.75, 3.05) is 10.8 Å². The Bertz CT molecular complexity index is 1510. The monoisotopic (exact) mass is 629 g/mol. The Morgan fingerprint density at radius 1 is 0.881 bits per heavy atom. The molecule has 0 saturated heterocycles. The number of hydrogen-bond acceptors (Lipinski definition) is 4. The SMILES string of the molecule is Cc1ccc(CN(C(=O)CN(c2ccc(Cl)c(Cl)c2)S(=O)(=O)c2ccc(C)cc2)[C@H](C)C(=O)NC2CCCCC2)cc1. The first-order valence-electron chi connectivity index (χ1n) is 14.2. The minimum atomic E-state index is -4.19. The Labute approximate surface area is 258 Å². The standard InChI is InChI=1S/C32H37Cl2N3O4S/c1-22-9-13-25(14-10-22)20-36(24(3)32(39)35-26-7-5-4-6-8-26)31(38)21-37(27-15-18-29(33)30(34)19-27)42(40,41)28-16-11-23(2)12-17-28/h9-19,24,26H,4-8,20-21H2,1-3H3,(H,35,39)/t24-/m1/s1. The van der Waals surface area contributed by atoms with Crippen molar-refractivity contribution in [2.45, 2.75) is 76.4 Å². The summed E-state index contributed by atoms with van der Waals surface area (Å²) in [6.07, 6.45) is 5.08. The van der Waals surface area contributed by atoms with Crippen LogP contribution in [0.5, 0.6) is 0 Å². The van der Waals surface area contributed by atoms with Crippen LogP contribution in [0.2, 0.25) is 10.0 Å². The van der Waals surface area contributed by atoms with Gasteiger partial charge in [-0.25, -0.2) is 8.42 Å². The molecule has 0 aliphatic heterocycles. The van der Waals surface area contributed by atoms with E-state index in [0.717, 1.165) is 53.1 Å². The summed E-state index contributed by atoms with van der Waals surface area (Å²) in [5.41, 5.74) is 2.98. The predicted molar refractivity (Wildman–Crippen MR) is 168 cm³/mol. The zero-order valence-electron chi connectivity index (χ0n) is 24.1. The van der Waals surface area contributed by atoms with E-state index in [2.05, 4.69) is 5.32 Å². The maximum absolute atomic E-state index is 14.1. The quantitative estimate of drug-likeness (QED) is 0.271. The summed E-state index contributed by atoms with van der Waals surface area (Å²) in [6, 6.07) is 17.7. The van der Waals surface area contributed by atoms with E-state index in [-0.39, 0.29) is 39.1 Å². The Morgan fingerprint density at radius 3 is 2.07 bits per heavy atom. The number of benzene rings is 3. The molecule has 0 aromatic heterocycles. The van der Waals surface area contributed by atoms with Gasteiger partial charge in [-0.3, -0.25) is 13.9 Å². The number of carbonyl (C=O) groups excluding carboxylic acids is 2. The first kappa shape index (κ1) is 31.9. The Morgan fingerprint density at radius 2 is 1.48 bits per heavy atom. The number of aryl methyl sites for hydroxylation is 2. The summed E-state index contributed by atoms with van der Waals surface area (Å²) in [5.74, 6) is -0.784. The summed E-state index contributed by atoms with van der Waals surface area (Å²) < 4.78 is 28.9. The van der Waals surface area contributed by atoms with Crippen molar-refractivity contribution in [2.24, 2.45) is 0 Å². The second-order valence-electron chi connectivity index (χ2n) is 10.9. The highest BCUT2D eigenvalue weighted by Crippen LogP contribution is 2.31. The van der Waals surface area contributed by atoms with E-state index in [4.69, 9.17) is 23.2 Å². The molecule has 10 heteroatoms. The van der Waals surface area contributed by atoms with Gasteiger partial charge in [0.05, 0.1) is 20.6 Å². The molecule has 1 aliphatic rings. The van der Waals surface area contributed by atoms with E-state index >= 15 is 0 Å². The molecular weight excluding hydrogens is 593 g/mol. The van der Waals surface area contributed by atoms with Crippen LogP contribution in [-0.2, 0) is 26.2 Å². The summed E-state index contributed by atoms with van der Waals surface area (Å²) in [7, 11) is -4.19. The normalized spacial score (nSPS) is 14.7. The molecular formula is C32H37Cl2N3O4S. The molecule has 0 spiro atoms. The third-order valence-electron chi connectivity index (χ3n) is 7.67. The number of sulfonamides is 1. The zero-order valence-corrected chi connectivity index (χ0v) is 26.5. The largest absolute Gasteiger partial charge is 0.352 e. The van der Waals surface area contributed by atoms with Crippen molar-refractivity contribution < 1.29 is 18.0 Å². The number of rotatable bonds is 10. The van der Waals surface area contributed by atoms with Crippen LogP contribution in [0.15, 0.2) is 71.6 Å².